The summed E-state index contributed by atoms with van der Waals surface area (Å²) < 4.78 is 15.4. The van der Waals surface area contributed by atoms with Crippen LogP contribution >= 0.6 is 7.82 Å². The lowest BCUT2D eigenvalue weighted by Crippen LogP contribution is -2.38. The molecule has 0 radical (unpaired) electrons. The third kappa shape index (κ3) is 6.42. The Labute approximate surface area is 155 Å². The topological polar surface area (TPSA) is 149 Å². The minimum atomic E-state index is -4.70. The van der Waals surface area contributed by atoms with Crippen LogP contribution in [0.3, 0.4) is 0 Å². The van der Waals surface area contributed by atoms with Gasteiger partial charge in [0.1, 0.15) is 11.8 Å². The van der Waals surface area contributed by atoms with Crippen LogP contribution in [0.25, 0.3) is 0 Å². The fraction of sp³-hybridized carbons (Fsp3) is 0.294. The Balaban J connectivity index is 2.17. The molecule has 0 bridgehead atoms. The number of pyridine rings is 1. The summed E-state index contributed by atoms with van der Waals surface area (Å²) in [7, 11) is -4.70. The first kappa shape index (κ1) is 21.0. The van der Waals surface area contributed by atoms with Crippen molar-refractivity contribution in [1.29, 1.82) is 0 Å². The molecule has 1 atom stereocenters. The van der Waals surface area contributed by atoms with Crippen LogP contribution in [0.5, 0.6) is 5.75 Å². The Kier molecular flexibility index (Phi) is 7.06. The fourth-order valence-electron chi connectivity index (χ4n) is 2.48. The molecule has 0 spiro atoms. The largest absolute Gasteiger partial charge is 0.506 e. The number of nitrogens with one attached hydrogen (secondary N) is 1. The highest BCUT2D eigenvalue weighted by Crippen LogP contribution is 2.38. The maximum absolute atomic E-state index is 11.6. The number of aryl methyl sites for hydroxylation is 1. The van der Waals surface area contributed by atoms with Crippen LogP contribution in [-0.2, 0) is 33.5 Å². The van der Waals surface area contributed by atoms with Crippen molar-refractivity contribution in [2.24, 2.45) is 0 Å². The number of phosphoric ester groups is 1. The molecule has 0 aliphatic rings. The summed E-state index contributed by atoms with van der Waals surface area (Å²) >= 11 is 0. The highest BCUT2D eigenvalue weighted by atomic mass is 31.2. The Morgan fingerprint density at radius 3 is 2.56 bits per heavy atom. The van der Waals surface area contributed by atoms with E-state index in [9.17, 15) is 19.6 Å². The molecule has 2 rings (SSSR count). The van der Waals surface area contributed by atoms with Crippen LogP contribution in [0.15, 0.2) is 36.5 Å². The van der Waals surface area contributed by atoms with Crippen LogP contribution < -0.4 is 5.32 Å². The van der Waals surface area contributed by atoms with E-state index in [0.29, 0.717) is 5.69 Å². The molecule has 0 aliphatic heterocycles. The van der Waals surface area contributed by atoms with Gasteiger partial charge >= 0.3 is 13.8 Å². The van der Waals surface area contributed by atoms with Gasteiger partial charge in [-0.3, -0.25) is 19.6 Å². The normalized spacial score (nSPS) is 12.7. The van der Waals surface area contributed by atoms with Crippen molar-refractivity contribution in [2.45, 2.75) is 32.5 Å². The van der Waals surface area contributed by atoms with Gasteiger partial charge in [-0.2, -0.15) is 0 Å². The van der Waals surface area contributed by atoms with Crippen molar-refractivity contribution < 1.29 is 33.9 Å². The van der Waals surface area contributed by atoms with Gasteiger partial charge in [0.2, 0.25) is 0 Å². The minimum absolute atomic E-state index is 0.0428. The molecule has 0 saturated carbocycles. The first-order chi connectivity index (χ1) is 12.7. The molecule has 9 nitrogen and oxygen atoms in total. The summed E-state index contributed by atoms with van der Waals surface area (Å²) in [6.45, 7) is 1.04. The number of rotatable bonds is 9. The number of carboxylic acids is 1. The maximum Gasteiger partial charge on any atom is 0.469 e. The number of carbonyl (C=O) groups is 1. The lowest BCUT2D eigenvalue weighted by Gasteiger charge is -2.18. The van der Waals surface area contributed by atoms with E-state index in [-0.39, 0.29) is 29.8 Å². The van der Waals surface area contributed by atoms with Crippen LogP contribution in [0.4, 0.5) is 0 Å². The van der Waals surface area contributed by atoms with Gasteiger partial charge in [-0.15, -0.1) is 0 Å². The molecule has 1 aromatic carbocycles. The van der Waals surface area contributed by atoms with Gasteiger partial charge in [-0.25, -0.2) is 4.57 Å². The highest BCUT2D eigenvalue weighted by molar-refractivity contribution is 7.46. The van der Waals surface area contributed by atoms with Gasteiger partial charge in [0.25, 0.3) is 0 Å². The molecule has 1 aromatic heterocycles. The van der Waals surface area contributed by atoms with Crippen molar-refractivity contribution in [1.82, 2.24) is 10.3 Å². The molecule has 10 heteroatoms. The van der Waals surface area contributed by atoms with Gasteiger partial charge in [0.05, 0.1) is 12.3 Å². The molecule has 146 valence electrons. The molecule has 2 aromatic rings. The zero-order valence-corrected chi connectivity index (χ0v) is 15.5. The number of carboxylic acid groups (broad SMARTS) is 1. The van der Waals surface area contributed by atoms with Crippen molar-refractivity contribution in [2.75, 3.05) is 0 Å². The first-order valence-corrected chi connectivity index (χ1v) is 9.57. The van der Waals surface area contributed by atoms with Gasteiger partial charge in [-0.1, -0.05) is 30.3 Å². The predicted octanol–water partition coefficient (Wildman–Crippen LogP) is 1.49. The summed E-state index contributed by atoms with van der Waals surface area (Å²) in [4.78, 5) is 33.2. The second-order valence-corrected chi connectivity index (χ2v) is 7.16. The quantitative estimate of drug-likeness (QED) is 0.397. The molecule has 0 saturated heterocycles. The summed E-state index contributed by atoms with van der Waals surface area (Å²) in [5, 5.41) is 22.6. The molecule has 0 fully saturated rings. The van der Waals surface area contributed by atoms with E-state index in [1.165, 1.54) is 6.20 Å². The monoisotopic (exact) mass is 396 g/mol. The number of aromatic nitrogens is 1. The molecular formula is C17H21N2O7P. The smallest absolute Gasteiger partial charge is 0.469 e. The van der Waals surface area contributed by atoms with Crippen molar-refractivity contribution in [3.05, 3.63) is 58.9 Å². The zero-order valence-electron chi connectivity index (χ0n) is 14.6. The minimum Gasteiger partial charge on any atom is -0.506 e. The van der Waals surface area contributed by atoms with Crippen molar-refractivity contribution >= 4 is 13.8 Å². The Bertz CT molecular complexity index is 839. The first-order valence-electron chi connectivity index (χ1n) is 8.04. The Hall–Kier alpha value is -2.29. The molecule has 1 heterocycles. The van der Waals surface area contributed by atoms with Gasteiger partial charge < -0.3 is 20.0 Å². The van der Waals surface area contributed by atoms with Crippen molar-refractivity contribution in [3.8, 4) is 5.75 Å². The molecule has 0 aliphatic carbocycles. The number of aliphatic carboxylic acids is 1. The number of aromatic hydroxyl groups is 1. The van der Waals surface area contributed by atoms with Crippen LogP contribution in [0.2, 0.25) is 0 Å². The van der Waals surface area contributed by atoms with Crippen molar-refractivity contribution in [3.63, 3.8) is 0 Å². The van der Waals surface area contributed by atoms with Crippen LogP contribution in [0, 0.1) is 6.92 Å². The highest BCUT2D eigenvalue weighted by Gasteiger charge is 2.21. The van der Waals surface area contributed by atoms with Gasteiger partial charge in [-0.05, 0) is 18.9 Å². The lowest BCUT2D eigenvalue weighted by molar-refractivity contribution is -0.139. The van der Waals surface area contributed by atoms with E-state index in [2.05, 4.69) is 14.8 Å². The average molecular weight is 396 g/mol. The maximum atomic E-state index is 11.6. The third-order valence-corrected chi connectivity index (χ3v) is 4.39. The summed E-state index contributed by atoms with van der Waals surface area (Å²) in [5.41, 5.74) is 1.66. The fourth-order valence-corrected chi connectivity index (χ4v) is 2.79. The second kappa shape index (κ2) is 9.07. The number of hydrogen-bond donors (Lipinski definition) is 5. The number of nitrogens with zero attached hydrogens (tertiary/aromatic N) is 1. The number of benzene rings is 1. The van der Waals surface area contributed by atoms with E-state index in [1.54, 1.807) is 6.92 Å². The molecule has 5 N–H and O–H groups in total. The SMILES string of the molecule is Cc1ncc(COP(=O)(O)O)c(CNC(Cc2ccccc2)C(=O)O)c1O. The molecule has 1 unspecified atom stereocenters. The standard InChI is InChI=1S/C17H21N2O7P/c1-11-16(20)14(13(8-18-11)10-26-27(23,24)25)9-19-15(17(21)22)7-12-5-3-2-4-6-12/h2-6,8,15,19-20H,7,9-10H2,1H3,(H,21,22)(H2,23,24,25). The van der Waals surface area contributed by atoms with E-state index >= 15 is 0 Å². The van der Waals surface area contributed by atoms with E-state index < -0.39 is 26.4 Å². The summed E-state index contributed by atoms with van der Waals surface area (Å²) in [6, 6.07) is 8.15. The number of hydrogen-bond acceptors (Lipinski definition) is 6. The molecule has 0 amide bonds. The van der Waals surface area contributed by atoms with E-state index in [1.807, 2.05) is 30.3 Å². The third-order valence-electron chi connectivity index (χ3n) is 3.92. The van der Waals surface area contributed by atoms with E-state index in [0.717, 1.165) is 5.56 Å². The second-order valence-electron chi connectivity index (χ2n) is 5.92. The Morgan fingerprint density at radius 2 is 1.96 bits per heavy atom. The average Bonchev–Trinajstić information content (AvgIpc) is 2.60. The zero-order chi connectivity index (χ0) is 20.0. The van der Waals surface area contributed by atoms with Gasteiger partial charge in [0, 0.05) is 23.9 Å². The Morgan fingerprint density at radius 1 is 1.30 bits per heavy atom. The predicted molar refractivity (Wildman–Crippen MR) is 95.9 cm³/mol. The van der Waals surface area contributed by atoms with E-state index in [4.69, 9.17) is 9.79 Å². The molecule has 27 heavy (non-hydrogen) atoms. The van der Waals surface area contributed by atoms with Crippen LogP contribution in [0.1, 0.15) is 22.4 Å². The summed E-state index contributed by atoms with van der Waals surface area (Å²) in [6.07, 6.45) is 1.56. The van der Waals surface area contributed by atoms with Crippen LogP contribution in [-0.4, -0.2) is 37.0 Å². The van der Waals surface area contributed by atoms with Gasteiger partial charge in [0.15, 0.2) is 0 Å². The molecular weight excluding hydrogens is 375 g/mol. The summed E-state index contributed by atoms with van der Waals surface area (Å²) in [5.74, 6) is -1.24. The lowest BCUT2D eigenvalue weighted by atomic mass is 10.0. The number of phosphoric acid groups is 1.